The molecule has 6 heteroatoms. The van der Waals surface area contributed by atoms with Gasteiger partial charge >= 0.3 is 5.97 Å². The summed E-state index contributed by atoms with van der Waals surface area (Å²) in [6.45, 7) is 7.37. The third-order valence-corrected chi connectivity index (χ3v) is 4.21. The van der Waals surface area contributed by atoms with Gasteiger partial charge in [-0.15, -0.1) is 0 Å². The molecule has 0 aliphatic heterocycles. The zero-order chi connectivity index (χ0) is 16.3. The van der Waals surface area contributed by atoms with Crippen LogP contribution in [0, 0.1) is 12.3 Å². The summed E-state index contributed by atoms with van der Waals surface area (Å²) in [6, 6.07) is 5.09. The predicted octanol–water partition coefficient (Wildman–Crippen LogP) is 2.88. The second-order valence-electron chi connectivity index (χ2n) is 6.23. The van der Waals surface area contributed by atoms with E-state index in [-0.39, 0.29) is 11.2 Å². The van der Waals surface area contributed by atoms with Crippen LogP contribution in [0.3, 0.4) is 0 Å². The van der Waals surface area contributed by atoms with Crippen LogP contribution < -0.4 is 4.72 Å². The van der Waals surface area contributed by atoms with Crippen LogP contribution >= 0.6 is 0 Å². The summed E-state index contributed by atoms with van der Waals surface area (Å²) in [6.07, 6.45) is 2.44. The monoisotopic (exact) mass is 311 g/mol. The number of nitrogens with one attached hydrogen (secondary N) is 1. The lowest BCUT2D eigenvalue weighted by molar-refractivity contribution is -0.131. The molecule has 0 bridgehead atoms. The summed E-state index contributed by atoms with van der Waals surface area (Å²) < 4.78 is 26.7. The number of benzene rings is 1. The molecular weight excluding hydrogens is 290 g/mol. The first-order valence-electron chi connectivity index (χ1n) is 6.50. The quantitative estimate of drug-likeness (QED) is 0.819. The van der Waals surface area contributed by atoms with Crippen molar-refractivity contribution in [3.8, 4) is 0 Å². The van der Waals surface area contributed by atoms with Gasteiger partial charge in [0.2, 0.25) is 10.0 Å². The third kappa shape index (κ3) is 6.94. The molecule has 1 aromatic carbocycles. The molecule has 0 heterocycles. The molecule has 2 N–H and O–H groups in total. The summed E-state index contributed by atoms with van der Waals surface area (Å²) in [5.74, 6) is -1.04. The van der Waals surface area contributed by atoms with Crippen molar-refractivity contribution in [2.24, 2.45) is 5.41 Å². The van der Waals surface area contributed by atoms with Crippen LogP contribution in [-0.2, 0) is 14.8 Å². The highest BCUT2D eigenvalue weighted by Crippen LogP contribution is 2.21. The van der Waals surface area contributed by atoms with E-state index in [1.807, 2.05) is 27.7 Å². The van der Waals surface area contributed by atoms with E-state index in [2.05, 4.69) is 4.72 Å². The van der Waals surface area contributed by atoms with E-state index in [1.165, 1.54) is 6.08 Å². The molecule has 0 aliphatic carbocycles. The maximum atomic E-state index is 12.1. The van der Waals surface area contributed by atoms with E-state index in [0.717, 1.165) is 11.6 Å². The largest absolute Gasteiger partial charge is 0.478 e. The Bertz CT molecular complexity index is 655. The topological polar surface area (TPSA) is 83.5 Å². The van der Waals surface area contributed by atoms with Crippen LogP contribution in [-0.4, -0.2) is 25.2 Å². The van der Waals surface area contributed by atoms with Crippen LogP contribution in [0.4, 0.5) is 5.69 Å². The summed E-state index contributed by atoms with van der Waals surface area (Å²) in [4.78, 5) is 10.5. The van der Waals surface area contributed by atoms with Gasteiger partial charge in [0, 0.05) is 11.8 Å². The molecule has 0 saturated carbocycles. The van der Waals surface area contributed by atoms with E-state index in [9.17, 15) is 13.2 Å². The fourth-order valence-electron chi connectivity index (χ4n) is 1.92. The lowest BCUT2D eigenvalue weighted by Gasteiger charge is -2.19. The minimum Gasteiger partial charge on any atom is -0.478 e. The van der Waals surface area contributed by atoms with Gasteiger partial charge < -0.3 is 5.11 Å². The summed E-state index contributed by atoms with van der Waals surface area (Å²) in [5, 5.41) is 8.63. The highest BCUT2D eigenvalue weighted by Gasteiger charge is 2.21. The van der Waals surface area contributed by atoms with Crippen molar-refractivity contribution in [1.29, 1.82) is 0 Å². The smallest absolute Gasteiger partial charge is 0.328 e. The predicted molar refractivity (Wildman–Crippen MR) is 84.7 cm³/mol. The van der Waals surface area contributed by atoms with Gasteiger partial charge in [0.15, 0.2) is 0 Å². The molecule has 0 unspecified atom stereocenters. The summed E-state index contributed by atoms with van der Waals surface area (Å²) >= 11 is 0. The minimum atomic E-state index is -3.45. The van der Waals surface area contributed by atoms with E-state index < -0.39 is 16.0 Å². The van der Waals surface area contributed by atoms with Crippen LogP contribution in [0.5, 0.6) is 0 Å². The van der Waals surface area contributed by atoms with Crippen LogP contribution in [0.2, 0.25) is 0 Å². The van der Waals surface area contributed by atoms with Crippen LogP contribution in [0.1, 0.15) is 31.9 Å². The van der Waals surface area contributed by atoms with Gasteiger partial charge in [0.1, 0.15) is 0 Å². The maximum Gasteiger partial charge on any atom is 0.328 e. The number of aliphatic carboxylic acids is 1. The zero-order valence-electron chi connectivity index (χ0n) is 12.7. The van der Waals surface area contributed by atoms with Gasteiger partial charge in [-0.25, -0.2) is 13.2 Å². The maximum absolute atomic E-state index is 12.1. The Hall–Kier alpha value is -1.82. The standard InChI is InChI=1S/C15H21NO4S/c1-11-7-12(5-6-14(17)18)9-13(8-11)16-21(19,20)10-15(2,3)4/h5-9,16H,10H2,1-4H3,(H,17,18)/b6-5+. The Morgan fingerprint density at radius 2 is 1.90 bits per heavy atom. The molecule has 0 aromatic heterocycles. The number of anilines is 1. The molecule has 5 nitrogen and oxygen atoms in total. The van der Waals surface area contributed by atoms with Gasteiger partial charge in [-0.05, 0) is 41.7 Å². The average Bonchev–Trinajstić information content (AvgIpc) is 2.20. The fourth-order valence-corrected chi connectivity index (χ4v) is 3.61. The van der Waals surface area contributed by atoms with Gasteiger partial charge in [0.05, 0.1) is 5.75 Å². The van der Waals surface area contributed by atoms with Gasteiger partial charge in [-0.1, -0.05) is 26.8 Å². The molecule has 1 rings (SSSR count). The SMILES string of the molecule is Cc1cc(/C=C/C(=O)O)cc(NS(=O)(=O)CC(C)(C)C)c1. The molecule has 116 valence electrons. The van der Waals surface area contributed by atoms with Crippen LogP contribution in [0.25, 0.3) is 6.08 Å². The summed E-state index contributed by atoms with van der Waals surface area (Å²) in [5.41, 5.74) is 1.56. The molecule has 0 spiro atoms. The Balaban J connectivity index is 3.01. The van der Waals surface area contributed by atoms with Crippen molar-refractivity contribution in [1.82, 2.24) is 0 Å². The number of sulfonamides is 1. The molecule has 0 amide bonds. The third-order valence-electron chi connectivity index (χ3n) is 2.41. The highest BCUT2D eigenvalue weighted by atomic mass is 32.2. The van der Waals surface area contributed by atoms with Crippen molar-refractivity contribution < 1.29 is 18.3 Å². The molecule has 21 heavy (non-hydrogen) atoms. The number of carboxylic acids is 1. The number of carboxylic acid groups (broad SMARTS) is 1. The Labute approximate surface area is 125 Å². The molecule has 0 radical (unpaired) electrons. The van der Waals surface area contributed by atoms with Crippen molar-refractivity contribution >= 4 is 27.8 Å². The number of rotatable bonds is 5. The molecule has 0 saturated heterocycles. The fraction of sp³-hybridized carbons (Fsp3) is 0.400. The Kier molecular flexibility index (Phi) is 5.17. The van der Waals surface area contributed by atoms with Gasteiger partial charge in [-0.2, -0.15) is 0 Å². The lowest BCUT2D eigenvalue weighted by atomic mass is 10.0. The van der Waals surface area contributed by atoms with E-state index in [1.54, 1.807) is 18.2 Å². The van der Waals surface area contributed by atoms with E-state index in [4.69, 9.17) is 5.11 Å². The van der Waals surface area contributed by atoms with Gasteiger partial charge in [-0.3, -0.25) is 4.72 Å². The first-order chi connectivity index (χ1) is 9.47. The van der Waals surface area contributed by atoms with Crippen molar-refractivity contribution in [3.05, 3.63) is 35.4 Å². The van der Waals surface area contributed by atoms with Crippen molar-refractivity contribution in [2.75, 3.05) is 10.5 Å². The lowest BCUT2D eigenvalue weighted by Crippen LogP contribution is -2.26. The van der Waals surface area contributed by atoms with Crippen molar-refractivity contribution in [2.45, 2.75) is 27.7 Å². The first-order valence-corrected chi connectivity index (χ1v) is 8.15. The highest BCUT2D eigenvalue weighted by molar-refractivity contribution is 7.92. The second-order valence-corrected chi connectivity index (χ2v) is 7.95. The van der Waals surface area contributed by atoms with E-state index >= 15 is 0 Å². The minimum absolute atomic E-state index is 0.00818. The van der Waals surface area contributed by atoms with Crippen molar-refractivity contribution in [3.63, 3.8) is 0 Å². The summed E-state index contributed by atoms with van der Waals surface area (Å²) in [7, 11) is -3.45. The first kappa shape index (κ1) is 17.2. The van der Waals surface area contributed by atoms with E-state index in [0.29, 0.717) is 11.3 Å². The normalized spacial score (nSPS) is 12.6. The zero-order valence-corrected chi connectivity index (χ0v) is 13.5. The van der Waals surface area contributed by atoms with Gasteiger partial charge in [0.25, 0.3) is 0 Å². The molecular formula is C15H21NO4S. The Morgan fingerprint density at radius 3 is 2.43 bits per heavy atom. The molecule has 1 aromatic rings. The second kappa shape index (κ2) is 6.30. The molecule has 0 atom stereocenters. The number of aryl methyl sites for hydroxylation is 1. The average molecular weight is 311 g/mol. The van der Waals surface area contributed by atoms with Crippen LogP contribution in [0.15, 0.2) is 24.3 Å². The number of hydrogen-bond acceptors (Lipinski definition) is 3. The molecule has 0 aliphatic rings. The number of carbonyl (C=O) groups is 1. The Morgan fingerprint density at radius 1 is 1.29 bits per heavy atom. The molecule has 0 fully saturated rings. The number of hydrogen-bond donors (Lipinski definition) is 2.